The van der Waals surface area contributed by atoms with Crippen molar-refractivity contribution in [3.63, 3.8) is 0 Å². The standard InChI is InChI=1S/C11H18N2O/c1-7-6-8(2)13(5)10(14)9(7)11(3,4)12/h6H,12H2,1-5H3. The van der Waals surface area contributed by atoms with Crippen LogP contribution in [0.2, 0.25) is 0 Å². The maximum atomic E-state index is 11.9. The van der Waals surface area contributed by atoms with Gasteiger partial charge in [-0.25, -0.2) is 0 Å². The molecule has 1 heterocycles. The summed E-state index contributed by atoms with van der Waals surface area (Å²) in [6, 6.07) is 1.99. The van der Waals surface area contributed by atoms with E-state index in [9.17, 15) is 4.79 Å². The molecule has 0 saturated heterocycles. The van der Waals surface area contributed by atoms with E-state index >= 15 is 0 Å². The summed E-state index contributed by atoms with van der Waals surface area (Å²) in [6.45, 7) is 7.55. The number of hydrogen-bond donors (Lipinski definition) is 1. The summed E-state index contributed by atoms with van der Waals surface area (Å²) < 4.78 is 1.64. The molecule has 0 fully saturated rings. The number of nitrogens with two attached hydrogens (primary N) is 1. The molecule has 0 bridgehead atoms. The van der Waals surface area contributed by atoms with E-state index in [1.54, 1.807) is 11.6 Å². The van der Waals surface area contributed by atoms with E-state index in [2.05, 4.69) is 0 Å². The molecule has 0 aliphatic rings. The summed E-state index contributed by atoms with van der Waals surface area (Å²) in [7, 11) is 1.77. The quantitative estimate of drug-likeness (QED) is 0.730. The third kappa shape index (κ3) is 1.73. The van der Waals surface area contributed by atoms with Crippen molar-refractivity contribution < 1.29 is 0 Å². The molecule has 0 unspecified atom stereocenters. The Labute approximate surface area is 84.6 Å². The van der Waals surface area contributed by atoms with Gasteiger partial charge < -0.3 is 10.3 Å². The molecule has 0 radical (unpaired) electrons. The van der Waals surface area contributed by atoms with Crippen molar-refractivity contribution in [2.75, 3.05) is 0 Å². The van der Waals surface area contributed by atoms with Crippen molar-refractivity contribution in [2.24, 2.45) is 12.8 Å². The maximum absolute atomic E-state index is 11.9. The Morgan fingerprint density at radius 1 is 1.36 bits per heavy atom. The van der Waals surface area contributed by atoms with Crippen molar-refractivity contribution in [1.82, 2.24) is 4.57 Å². The van der Waals surface area contributed by atoms with Crippen LogP contribution in [0.4, 0.5) is 0 Å². The normalized spacial score (nSPS) is 11.9. The summed E-state index contributed by atoms with van der Waals surface area (Å²) >= 11 is 0. The Kier molecular flexibility index (Phi) is 2.54. The molecule has 0 aromatic carbocycles. The molecule has 1 aromatic rings. The Bertz CT molecular complexity index is 411. The molecule has 2 N–H and O–H groups in total. The lowest BCUT2D eigenvalue weighted by molar-refractivity contribution is 0.534. The third-order valence-corrected chi connectivity index (χ3v) is 2.51. The Hall–Kier alpha value is -1.09. The SMILES string of the molecule is Cc1cc(C)n(C)c(=O)c1C(C)(C)N. The average Bonchev–Trinajstić information content (AvgIpc) is 1.97. The highest BCUT2D eigenvalue weighted by Gasteiger charge is 2.21. The molecule has 14 heavy (non-hydrogen) atoms. The van der Waals surface area contributed by atoms with Gasteiger partial charge in [-0.05, 0) is 39.3 Å². The first-order valence-electron chi connectivity index (χ1n) is 4.71. The van der Waals surface area contributed by atoms with Gasteiger partial charge in [-0.1, -0.05) is 0 Å². The van der Waals surface area contributed by atoms with Crippen LogP contribution in [0.5, 0.6) is 0 Å². The molecule has 0 atom stereocenters. The summed E-state index contributed by atoms with van der Waals surface area (Å²) in [5, 5.41) is 0. The third-order valence-electron chi connectivity index (χ3n) is 2.51. The topological polar surface area (TPSA) is 48.0 Å². The van der Waals surface area contributed by atoms with Crippen molar-refractivity contribution in [1.29, 1.82) is 0 Å². The highest BCUT2D eigenvalue weighted by atomic mass is 16.1. The Morgan fingerprint density at radius 3 is 2.29 bits per heavy atom. The number of aromatic nitrogens is 1. The molecule has 3 heteroatoms. The molecular formula is C11H18N2O. The van der Waals surface area contributed by atoms with Crippen molar-refractivity contribution in [3.8, 4) is 0 Å². The smallest absolute Gasteiger partial charge is 0.255 e. The Morgan fingerprint density at radius 2 is 1.86 bits per heavy atom. The summed E-state index contributed by atoms with van der Waals surface area (Å²) in [6.07, 6.45) is 0. The number of nitrogens with zero attached hydrogens (tertiary/aromatic N) is 1. The predicted octanol–water partition coefficient (Wildman–Crippen LogP) is 1.20. The molecule has 0 spiro atoms. The zero-order valence-corrected chi connectivity index (χ0v) is 9.51. The van der Waals surface area contributed by atoms with Gasteiger partial charge in [0.15, 0.2) is 0 Å². The van der Waals surface area contributed by atoms with Gasteiger partial charge in [0.2, 0.25) is 0 Å². The van der Waals surface area contributed by atoms with Crippen molar-refractivity contribution in [2.45, 2.75) is 33.2 Å². The van der Waals surface area contributed by atoms with Crippen LogP contribution in [-0.2, 0) is 12.6 Å². The Balaban J connectivity index is 3.62. The predicted molar refractivity (Wildman–Crippen MR) is 58.4 cm³/mol. The first-order valence-corrected chi connectivity index (χ1v) is 4.71. The highest BCUT2D eigenvalue weighted by Crippen LogP contribution is 2.17. The summed E-state index contributed by atoms with van der Waals surface area (Å²) in [5.74, 6) is 0. The molecule has 78 valence electrons. The van der Waals surface area contributed by atoms with Crippen LogP contribution in [0.1, 0.15) is 30.7 Å². The largest absolute Gasteiger partial charge is 0.322 e. The van der Waals surface area contributed by atoms with Gasteiger partial charge in [0.1, 0.15) is 0 Å². The van der Waals surface area contributed by atoms with Gasteiger partial charge in [0.25, 0.3) is 5.56 Å². The van der Waals surface area contributed by atoms with E-state index in [1.165, 1.54) is 0 Å². The van der Waals surface area contributed by atoms with Crippen LogP contribution in [0, 0.1) is 13.8 Å². The lowest BCUT2D eigenvalue weighted by Crippen LogP contribution is -2.39. The average molecular weight is 194 g/mol. The molecule has 3 nitrogen and oxygen atoms in total. The second-order valence-electron chi connectivity index (χ2n) is 4.43. The van der Waals surface area contributed by atoms with E-state index in [0.717, 1.165) is 11.3 Å². The fraction of sp³-hybridized carbons (Fsp3) is 0.545. The molecular weight excluding hydrogens is 176 g/mol. The number of hydrogen-bond acceptors (Lipinski definition) is 2. The van der Waals surface area contributed by atoms with Gasteiger partial charge >= 0.3 is 0 Å². The number of aryl methyl sites for hydroxylation is 2. The van der Waals surface area contributed by atoms with Crippen molar-refractivity contribution >= 4 is 0 Å². The highest BCUT2D eigenvalue weighted by molar-refractivity contribution is 5.31. The summed E-state index contributed by atoms with van der Waals surface area (Å²) in [4.78, 5) is 11.9. The molecule has 1 aromatic heterocycles. The van der Waals surface area contributed by atoms with Gasteiger partial charge in [-0.2, -0.15) is 0 Å². The maximum Gasteiger partial charge on any atom is 0.255 e. The molecule has 0 aliphatic heterocycles. The molecule has 1 rings (SSSR count). The minimum absolute atomic E-state index is 0.00926. The molecule has 0 aliphatic carbocycles. The lowest BCUT2D eigenvalue weighted by atomic mass is 9.92. The monoisotopic (exact) mass is 194 g/mol. The number of rotatable bonds is 1. The first-order chi connectivity index (χ1) is 6.25. The van der Waals surface area contributed by atoms with Crippen LogP contribution in [0.25, 0.3) is 0 Å². The zero-order chi connectivity index (χ0) is 11.1. The van der Waals surface area contributed by atoms with Gasteiger partial charge in [0, 0.05) is 23.8 Å². The second-order valence-corrected chi connectivity index (χ2v) is 4.43. The van der Waals surface area contributed by atoms with Crippen LogP contribution < -0.4 is 11.3 Å². The van der Waals surface area contributed by atoms with Crippen molar-refractivity contribution in [3.05, 3.63) is 33.2 Å². The first kappa shape index (κ1) is 11.0. The lowest BCUT2D eigenvalue weighted by Gasteiger charge is -2.22. The fourth-order valence-electron chi connectivity index (χ4n) is 1.76. The molecule has 0 amide bonds. The number of pyridine rings is 1. The van der Waals surface area contributed by atoms with Gasteiger partial charge in [0.05, 0.1) is 0 Å². The van der Waals surface area contributed by atoms with Gasteiger partial charge in [-0.3, -0.25) is 4.79 Å². The van der Waals surface area contributed by atoms with Gasteiger partial charge in [-0.15, -0.1) is 0 Å². The van der Waals surface area contributed by atoms with E-state index in [-0.39, 0.29) is 5.56 Å². The molecule has 0 saturated carbocycles. The minimum atomic E-state index is -0.577. The summed E-state index contributed by atoms with van der Waals surface area (Å²) in [5.41, 5.74) is 8.03. The van der Waals surface area contributed by atoms with E-state index in [0.29, 0.717) is 5.56 Å². The van der Waals surface area contributed by atoms with E-state index in [1.807, 2.05) is 33.8 Å². The van der Waals surface area contributed by atoms with Crippen LogP contribution in [0.3, 0.4) is 0 Å². The van der Waals surface area contributed by atoms with Crippen LogP contribution in [0.15, 0.2) is 10.9 Å². The minimum Gasteiger partial charge on any atom is -0.322 e. The fourth-order valence-corrected chi connectivity index (χ4v) is 1.76. The van der Waals surface area contributed by atoms with Crippen LogP contribution >= 0.6 is 0 Å². The second kappa shape index (κ2) is 3.24. The van der Waals surface area contributed by atoms with E-state index < -0.39 is 5.54 Å². The zero-order valence-electron chi connectivity index (χ0n) is 9.51. The van der Waals surface area contributed by atoms with E-state index in [4.69, 9.17) is 5.73 Å². The van der Waals surface area contributed by atoms with Crippen LogP contribution in [-0.4, -0.2) is 4.57 Å².